The Morgan fingerprint density at radius 2 is 1.70 bits per heavy atom. The molecule has 0 unspecified atom stereocenters. The largest absolute Gasteiger partial charge is 0.464 e. The first-order valence-corrected chi connectivity index (χ1v) is 6.53. The minimum Gasteiger partial charge on any atom is -0.464 e. The molecule has 0 aliphatic carbocycles. The lowest BCUT2D eigenvalue weighted by Gasteiger charge is -2.08. The quantitative estimate of drug-likeness (QED) is 0.883. The third-order valence-corrected chi connectivity index (χ3v) is 2.62. The second kappa shape index (κ2) is 6.91. The minimum absolute atomic E-state index is 0.211. The van der Waals surface area contributed by atoms with Crippen molar-refractivity contribution < 1.29 is 9.47 Å². The van der Waals surface area contributed by atoms with Gasteiger partial charge in [0.15, 0.2) is 0 Å². The lowest BCUT2D eigenvalue weighted by molar-refractivity contribution is 0.262. The number of rotatable bonds is 6. The Kier molecular flexibility index (Phi) is 4.95. The Labute approximate surface area is 122 Å². The van der Waals surface area contributed by atoms with Crippen LogP contribution < -0.4 is 14.8 Å². The molecular formula is C13H15ClN4O2. The lowest BCUT2D eigenvalue weighted by atomic mass is 10.2. The van der Waals surface area contributed by atoms with Crippen LogP contribution in [0.1, 0.15) is 12.5 Å². The van der Waals surface area contributed by atoms with Crippen molar-refractivity contribution in [3.8, 4) is 12.0 Å². The van der Waals surface area contributed by atoms with E-state index < -0.39 is 0 Å². The van der Waals surface area contributed by atoms with Gasteiger partial charge in [0.2, 0.25) is 5.95 Å². The van der Waals surface area contributed by atoms with Crippen molar-refractivity contribution in [1.29, 1.82) is 0 Å². The monoisotopic (exact) mass is 294 g/mol. The van der Waals surface area contributed by atoms with Gasteiger partial charge in [-0.25, -0.2) is 0 Å². The first-order chi connectivity index (χ1) is 9.71. The Morgan fingerprint density at radius 1 is 1.05 bits per heavy atom. The highest BCUT2D eigenvalue weighted by atomic mass is 35.5. The number of nitrogens with zero attached hydrogens (tertiary/aromatic N) is 3. The van der Waals surface area contributed by atoms with Crippen LogP contribution in [0.2, 0.25) is 5.02 Å². The Morgan fingerprint density at radius 3 is 2.30 bits per heavy atom. The molecule has 0 saturated heterocycles. The molecule has 20 heavy (non-hydrogen) atoms. The average Bonchev–Trinajstić information content (AvgIpc) is 2.47. The SMILES string of the molecule is CCOc1nc(NC)nc(OCc2ccc(Cl)cc2)n1. The normalized spacial score (nSPS) is 10.2. The summed E-state index contributed by atoms with van der Waals surface area (Å²) in [7, 11) is 1.72. The summed E-state index contributed by atoms with van der Waals surface area (Å²) in [4.78, 5) is 12.2. The Bertz CT molecular complexity index is 563. The van der Waals surface area contributed by atoms with Crippen molar-refractivity contribution >= 4 is 17.5 Å². The summed E-state index contributed by atoms with van der Waals surface area (Å²) < 4.78 is 10.8. The van der Waals surface area contributed by atoms with Gasteiger partial charge in [-0.3, -0.25) is 0 Å². The number of nitrogens with one attached hydrogen (secondary N) is 1. The summed E-state index contributed by atoms with van der Waals surface area (Å²) in [6.07, 6.45) is 0. The molecule has 0 amide bonds. The fourth-order valence-corrected chi connectivity index (χ4v) is 1.56. The fraction of sp³-hybridized carbons (Fsp3) is 0.308. The second-order valence-corrected chi connectivity index (χ2v) is 4.26. The van der Waals surface area contributed by atoms with Gasteiger partial charge < -0.3 is 14.8 Å². The van der Waals surface area contributed by atoms with Gasteiger partial charge in [-0.15, -0.1) is 4.98 Å². The zero-order valence-corrected chi connectivity index (χ0v) is 12.0. The van der Waals surface area contributed by atoms with E-state index in [0.29, 0.717) is 24.2 Å². The van der Waals surface area contributed by atoms with Gasteiger partial charge in [-0.2, -0.15) is 9.97 Å². The molecule has 0 radical (unpaired) electrons. The standard InChI is InChI=1S/C13H15ClN4O2/c1-3-19-12-16-11(15-2)17-13(18-12)20-8-9-4-6-10(14)7-5-9/h4-7H,3,8H2,1-2H3,(H,15,16,17,18). The third-order valence-electron chi connectivity index (χ3n) is 2.37. The number of halogens is 1. The first kappa shape index (κ1) is 14.3. The molecule has 1 N–H and O–H groups in total. The zero-order chi connectivity index (χ0) is 14.4. The highest BCUT2D eigenvalue weighted by Gasteiger charge is 2.07. The summed E-state index contributed by atoms with van der Waals surface area (Å²) in [6, 6.07) is 7.81. The number of benzene rings is 1. The van der Waals surface area contributed by atoms with Crippen LogP contribution in [0.15, 0.2) is 24.3 Å². The molecule has 1 aromatic carbocycles. The molecule has 7 heteroatoms. The molecule has 1 aromatic heterocycles. The maximum atomic E-state index is 5.83. The summed E-state index contributed by atoms with van der Waals surface area (Å²) in [5.74, 6) is 0.398. The van der Waals surface area contributed by atoms with Gasteiger partial charge in [0.05, 0.1) is 6.61 Å². The number of aromatic nitrogens is 3. The summed E-state index contributed by atoms with van der Waals surface area (Å²) in [5, 5.41) is 3.52. The average molecular weight is 295 g/mol. The smallest absolute Gasteiger partial charge is 0.324 e. The van der Waals surface area contributed by atoms with Crippen LogP contribution in [0.25, 0.3) is 0 Å². The van der Waals surface area contributed by atoms with Crippen LogP contribution in [-0.4, -0.2) is 28.6 Å². The van der Waals surface area contributed by atoms with E-state index >= 15 is 0 Å². The van der Waals surface area contributed by atoms with Crippen LogP contribution in [0, 0.1) is 0 Å². The highest BCUT2D eigenvalue weighted by Crippen LogP contribution is 2.15. The van der Waals surface area contributed by atoms with E-state index in [1.54, 1.807) is 19.2 Å². The van der Waals surface area contributed by atoms with Crippen molar-refractivity contribution in [2.75, 3.05) is 19.0 Å². The fourth-order valence-electron chi connectivity index (χ4n) is 1.44. The summed E-state index contributed by atoms with van der Waals surface area (Å²) in [6.45, 7) is 2.68. The molecule has 0 fully saturated rings. The topological polar surface area (TPSA) is 69.2 Å². The molecule has 0 aliphatic rings. The maximum absolute atomic E-state index is 5.83. The number of hydrogen-bond donors (Lipinski definition) is 1. The number of ether oxygens (including phenoxy) is 2. The van der Waals surface area contributed by atoms with Gasteiger partial charge in [0.25, 0.3) is 0 Å². The first-order valence-electron chi connectivity index (χ1n) is 6.15. The van der Waals surface area contributed by atoms with Crippen molar-refractivity contribution in [3.05, 3.63) is 34.9 Å². The molecule has 106 valence electrons. The molecule has 2 rings (SSSR count). The number of hydrogen-bond acceptors (Lipinski definition) is 6. The minimum atomic E-state index is 0.211. The van der Waals surface area contributed by atoms with Gasteiger partial charge in [0, 0.05) is 12.1 Å². The zero-order valence-electron chi connectivity index (χ0n) is 11.3. The van der Waals surface area contributed by atoms with Crippen LogP contribution in [0.4, 0.5) is 5.95 Å². The van der Waals surface area contributed by atoms with E-state index in [1.807, 2.05) is 19.1 Å². The molecule has 2 aromatic rings. The van der Waals surface area contributed by atoms with Gasteiger partial charge in [-0.05, 0) is 24.6 Å². The summed E-state index contributed by atoms with van der Waals surface area (Å²) >= 11 is 5.83. The van der Waals surface area contributed by atoms with E-state index in [2.05, 4.69) is 20.3 Å². The highest BCUT2D eigenvalue weighted by molar-refractivity contribution is 6.30. The van der Waals surface area contributed by atoms with E-state index in [0.717, 1.165) is 5.56 Å². The maximum Gasteiger partial charge on any atom is 0.324 e. The number of anilines is 1. The molecule has 0 aliphatic heterocycles. The van der Waals surface area contributed by atoms with Crippen molar-refractivity contribution in [2.24, 2.45) is 0 Å². The second-order valence-electron chi connectivity index (χ2n) is 3.82. The van der Waals surface area contributed by atoms with Gasteiger partial charge >= 0.3 is 12.0 Å². The van der Waals surface area contributed by atoms with Crippen LogP contribution in [0.5, 0.6) is 12.0 Å². The molecule has 1 heterocycles. The van der Waals surface area contributed by atoms with E-state index in [1.165, 1.54) is 0 Å². The third kappa shape index (κ3) is 3.96. The Balaban J connectivity index is 2.07. The Hall–Kier alpha value is -2.08. The molecule has 0 atom stereocenters. The van der Waals surface area contributed by atoms with Crippen molar-refractivity contribution in [1.82, 2.24) is 15.0 Å². The summed E-state index contributed by atoms with van der Waals surface area (Å²) in [5.41, 5.74) is 0.971. The van der Waals surface area contributed by atoms with Gasteiger partial charge in [0.1, 0.15) is 6.61 Å². The molecule has 0 saturated carbocycles. The van der Waals surface area contributed by atoms with Crippen molar-refractivity contribution in [2.45, 2.75) is 13.5 Å². The molecule has 0 spiro atoms. The molecule has 6 nitrogen and oxygen atoms in total. The molecule has 0 bridgehead atoms. The van der Waals surface area contributed by atoms with Crippen LogP contribution in [-0.2, 0) is 6.61 Å². The van der Waals surface area contributed by atoms with Crippen molar-refractivity contribution in [3.63, 3.8) is 0 Å². The van der Waals surface area contributed by atoms with E-state index in [4.69, 9.17) is 21.1 Å². The van der Waals surface area contributed by atoms with Crippen LogP contribution in [0.3, 0.4) is 0 Å². The molecular weight excluding hydrogens is 280 g/mol. The van der Waals surface area contributed by atoms with E-state index in [-0.39, 0.29) is 12.0 Å². The predicted molar refractivity (Wildman–Crippen MR) is 76.3 cm³/mol. The van der Waals surface area contributed by atoms with E-state index in [9.17, 15) is 0 Å². The lowest BCUT2D eigenvalue weighted by Crippen LogP contribution is -2.07. The van der Waals surface area contributed by atoms with Gasteiger partial charge in [-0.1, -0.05) is 23.7 Å². The predicted octanol–water partition coefficient (Wildman–Crippen LogP) is 2.54. The van der Waals surface area contributed by atoms with Crippen LogP contribution >= 0.6 is 11.6 Å².